The maximum atomic E-state index is 12.3. The molecule has 6 heteroatoms. The van der Waals surface area contributed by atoms with Gasteiger partial charge >= 0.3 is 0 Å². The molecule has 25 heavy (non-hydrogen) atoms. The van der Waals surface area contributed by atoms with Gasteiger partial charge in [-0.3, -0.25) is 14.4 Å². The monoisotopic (exact) mass is 349 g/mol. The van der Waals surface area contributed by atoms with E-state index in [4.69, 9.17) is 0 Å². The normalized spacial score (nSPS) is 25.2. The number of hydrogen-bond acceptors (Lipinski definition) is 3. The van der Waals surface area contributed by atoms with Crippen LogP contribution in [0.3, 0.4) is 0 Å². The summed E-state index contributed by atoms with van der Waals surface area (Å²) in [7, 11) is 0. The van der Waals surface area contributed by atoms with Crippen LogP contribution in [-0.4, -0.2) is 48.3 Å². The minimum Gasteiger partial charge on any atom is -0.354 e. The van der Waals surface area contributed by atoms with Gasteiger partial charge in [0.2, 0.25) is 17.7 Å². The molecule has 6 nitrogen and oxygen atoms in total. The maximum Gasteiger partial charge on any atom is 0.242 e. The summed E-state index contributed by atoms with van der Waals surface area (Å²) in [5.41, 5.74) is 0. The van der Waals surface area contributed by atoms with Crippen LogP contribution in [0, 0.1) is 11.8 Å². The zero-order valence-corrected chi connectivity index (χ0v) is 15.1. The van der Waals surface area contributed by atoms with Crippen LogP contribution in [0.5, 0.6) is 0 Å². The molecule has 0 radical (unpaired) electrons. The van der Waals surface area contributed by atoms with Crippen molar-refractivity contribution in [2.75, 3.05) is 19.6 Å². The van der Waals surface area contributed by atoms with Crippen molar-refractivity contribution in [3.63, 3.8) is 0 Å². The van der Waals surface area contributed by atoms with E-state index in [0.29, 0.717) is 37.6 Å². The molecular weight excluding hydrogens is 318 g/mol. The summed E-state index contributed by atoms with van der Waals surface area (Å²) in [6.45, 7) is 2.27. The standard InChI is InChI=1S/C19H31N3O3/c23-17-7-6-16(21-17)19(25)20-13-15-9-11-22(12-10-15)18(24)8-5-14-3-1-2-4-14/h14-16H,1-13H2,(H,20,25)(H,21,23). The van der Waals surface area contributed by atoms with E-state index in [1.807, 2.05) is 4.90 Å². The Morgan fingerprint density at radius 3 is 2.40 bits per heavy atom. The van der Waals surface area contributed by atoms with Crippen molar-refractivity contribution in [1.29, 1.82) is 0 Å². The van der Waals surface area contributed by atoms with E-state index in [9.17, 15) is 14.4 Å². The lowest BCUT2D eigenvalue weighted by Gasteiger charge is -2.32. The molecule has 3 aliphatic rings. The highest BCUT2D eigenvalue weighted by atomic mass is 16.2. The molecule has 0 spiro atoms. The Kier molecular flexibility index (Phi) is 6.32. The summed E-state index contributed by atoms with van der Waals surface area (Å²) in [6, 6.07) is -0.357. The first-order valence-corrected chi connectivity index (χ1v) is 9.96. The molecule has 1 atom stereocenters. The fourth-order valence-electron chi connectivity index (χ4n) is 4.35. The highest BCUT2D eigenvalue weighted by Gasteiger charge is 2.28. The average molecular weight is 349 g/mol. The van der Waals surface area contributed by atoms with Crippen molar-refractivity contribution in [1.82, 2.24) is 15.5 Å². The average Bonchev–Trinajstić information content (AvgIpc) is 3.29. The number of piperidine rings is 1. The zero-order valence-electron chi connectivity index (χ0n) is 15.1. The van der Waals surface area contributed by atoms with Gasteiger partial charge in [-0.15, -0.1) is 0 Å². The smallest absolute Gasteiger partial charge is 0.242 e. The van der Waals surface area contributed by atoms with Gasteiger partial charge in [0.05, 0.1) is 0 Å². The van der Waals surface area contributed by atoms with Crippen LogP contribution >= 0.6 is 0 Å². The quantitative estimate of drug-likeness (QED) is 0.764. The van der Waals surface area contributed by atoms with Crippen LogP contribution in [0.25, 0.3) is 0 Å². The molecule has 3 fully saturated rings. The molecule has 1 unspecified atom stereocenters. The van der Waals surface area contributed by atoms with Crippen molar-refractivity contribution >= 4 is 17.7 Å². The molecule has 3 amide bonds. The van der Waals surface area contributed by atoms with Crippen LogP contribution in [0.15, 0.2) is 0 Å². The summed E-state index contributed by atoms with van der Waals surface area (Å²) in [4.78, 5) is 37.6. The Labute approximate surface area is 150 Å². The van der Waals surface area contributed by atoms with E-state index in [0.717, 1.165) is 38.3 Å². The molecule has 1 saturated carbocycles. The number of nitrogens with zero attached hydrogens (tertiary/aromatic N) is 1. The van der Waals surface area contributed by atoms with E-state index in [1.165, 1.54) is 25.7 Å². The third-order valence-electron chi connectivity index (χ3n) is 6.09. The molecular formula is C19H31N3O3. The number of nitrogens with one attached hydrogen (secondary N) is 2. The van der Waals surface area contributed by atoms with Crippen molar-refractivity contribution in [2.24, 2.45) is 11.8 Å². The Morgan fingerprint density at radius 1 is 1.04 bits per heavy atom. The third kappa shape index (κ3) is 5.19. The molecule has 0 aromatic heterocycles. The van der Waals surface area contributed by atoms with Gasteiger partial charge in [0.25, 0.3) is 0 Å². The van der Waals surface area contributed by atoms with E-state index >= 15 is 0 Å². The lowest BCUT2D eigenvalue weighted by atomic mass is 9.95. The summed E-state index contributed by atoms with van der Waals surface area (Å²) in [5.74, 6) is 1.40. The van der Waals surface area contributed by atoms with E-state index < -0.39 is 0 Å². The van der Waals surface area contributed by atoms with Crippen molar-refractivity contribution in [2.45, 2.75) is 70.3 Å². The largest absolute Gasteiger partial charge is 0.354 e. The summed E-state index contributed by atoms with van der Waals surface area (Å²) in [6.07, 6.45) is 9.97. The summed E-state index contributed by atoms with van der Waals surface area (Å²) < 4.78 is 0. The van der Waals surface area contributed by atoms with Crippen LogP contribution in [-0.2, 0) is 14.4 Å². The number of hydrogen-bond donors (Lipinski definition) is 2. The van der Waals surface area contributed by atoms with Gasteiger partial charge < -0.3 is 15.5 Å². The number of likely N-dealkylation sites (tertiary alicyclic amines) is 1. The van der Waals surface area contributed by atoms with Gasteiger partial charge in [-0.25, -0.2) is 0 Å². The Morgan fingerprint density at radius 2 is 1.76 bits per heavy atom. The lowest BCUT2D eigenvalue weighted by molar-refractivity contribution is -0.133. The topological polar surface area (TPSA) is 78.5 Å². The fourth-order valence-corrected chi connectivity index (χ4v) is 4.35. The maximum absolute atomic E-state index is 12.3. The predicted octanol–water partition coefficient (Wildman–Crippen LogP) is 1.59. The molecule has 2 saturated heterocycles. The van der Waals surface area contributed by atoms with Crippen molar-refractivity contribution in [3.05, 3.63) is 0 Å². The van der Waals surface area contributed by atoms with Gasteiger partial charge in [-0.05, 0) is 37.5 Å². The Balaban J connectivity index is 1.30. The molecule has 3 rings (SSSR count). The van der Waals surface area contributed by atoms with E-state index in [-0.39, 0.29) is 17.9 Å². The number of carbonyl (C=O) groups excluding carboxylic acids is 3. The molecule has 0 aromatic rings. The fraction of sp³-hybridized carbons (Fsp3) is 0.842. The highest BCUT2D eigenvalue weighted by molar-refractivity contribution is 5.90. The number of amides is 3. The van der Waals surface area contributed by atoms with Gasteiger partial charge in [0.15, 0.2) is 0 Å². The molecule has 2 heterocycles. The third-order valence-corrected chi connectivity index (χ3v) is 6.09. The van der Waals surface area contributed by atoms with Crippen molar-refractivity contribution in [3.8, 4) is 0 Å². The first kappa shape index (κ1) is 18.2. The highest BCUT2D eigenvalue weighted by Crippen LogP contribution is 2.29. The number of carbonyl (C=O) groups is 3. The molecule has 140 valence electrons. The molecule has 1 aliphatic carbocycles. The Bertz CT molecular complexity index is 494. The van der Waals surface area contributed by atoms with Crippen molar-refractivity contribution < 1.29 is 14.4 Å². The first-order valence-electron chi connectivity index (χ1n) is 9.96. The number of rotatable bonds is 6. The Hall–Kier alpha value is -1.59. The second kappa shape index (κ2) is 8.68. The second-order valence-corrected chi connectivity index (χ2v) is 7.92. The van der Waals surface area contributed by atoms with Gasteiger partial charge in [-0.1, -0.05) is 25.7 Å². The van der Waals surface area contributed by atoms with Crippen LogP contribution < -0.4 is 10.6 Å². The minimum absolute atomic E-state index is 0.0374. The molecule has 0 aromatic carbocycles. The van der Waals surface area contributed by atoms with Gasteiger partial charge in [0.1, 0.15) is 6.04 Å². The molecule has 0 bridgehead atoms. The minimum atomic E-state index is -0.357. The van der Waals surface area contributed by atoms with E-state index in [1.54, 1.807) is 0 Å². The van der Waals surface area contributed by atoms with E-state index in [2.05, 4.69) is 10.6 Å². The van der Waals surface area contributed by atoms with Crippen LogP contribution in [0.1, 0.15) is 64.2 Å². The molecule has 2 aliphatic heterocycles. The van der Waals surface area contributed by atoms with Crippen LogP contribution in [0.2, 0.25) is 0 Å². The molecule has 2 N–H and O–H groups in total. The second-order valence-electron chi connectivity index (χ2n) is 7.92. The summed E-state index contributed by atoms with van der Waals surface area (Å²) in [5, 5.41) is 5.66. The lowest BCUT2D eigenvalue weighted by Crippen LogP contribution is -2.45. The first-order chi connectivity index (χ1) is 12.1. The SMILES string of the molecule is O=C1CCC(C(=O)NCC2CCN(C(=O)CCC3CCCC3)CC2)N1. The van der Waals surface area contributed by atoms with Crippen LogP contribution in [0.4, 0.5) is 0 Å². The van der Waals surface area contributed by atoms with Gasteiger partial charge in [-0.2, -0.15) is 0 Å². The summed E-state index contributed by atoms with van der Waals surface area (Å²) >= 11 is 0. The predicted molar refractivity (Wildman–Crippen MR) is 94.7 cm³/mol. The van der Waals surface area contributed by atoms with Gasteiger partial charge in [0, 0.05) is 32.5 Å². The zero-order chi connectivity index (χ0) is 17.6.